The zero-order valence-electron chi connectivity index (χ0n) is 18.6. The molecule has 0 amide bonds. The summed E-state index contributed by atoms with van der Waals surface area (Å²) in [5.41, 5.74) is 1.33. The second kappa shape index (κ2) is 10.3. The van der Waals surface area contributed by atoms with Crippen LogP contribution in [0.1, 0.15) is 46.0 Å². The second-order valence-corrected chi connectivity index (χ2v) is 10.9. The Labute approximate surface area is 196 Å². The number of halogens is 1. The van der Waals surface area contributed by atoms with Gasteiger partial charge in [-0.15, -0.1) is 0 Å². The van der Waals surface area contributed by atoms with Crippen molar-refractivity contribution in [1.29, 1.82) is 0 Å². The number of rotatable bonds is 9. The van der Waals surface area contributed by atoms with Crippen molar-refractivity contribution in [3.8, 4) is 5.75 Å². The van der Waals surface area contributed by atoms with Crippen LogP contribution in [0.15, 0.2) is 47.4 Å². The van der Waals surface area contributed by atoms with Crippen LogP contribution in [-0.4, -0.2) is 39.1 Å². The number of carboxylic acid groups (broad SMARTS) is 1. The molecule has 176 valence electrons. The normalized spacial score (nSPS) is 20.8. The van der Waals surface area contributed by atoms with Gasteiger partial charge in [0.1, 0.15) is 5.75 Å². The fourth-order valence-electron chi connectivity index (χ4n) is 4.26. The van der Waals surface area contributed by atoms with E-state index in [9.17, 15) is 13.9 Å². The summed E-state index contributed by atoms with van der Waals surface area (Å²) in [6, 6.07) is 13.2. The lowest BCUT2D eigenvalue weighted by Gasteiger charge is -2.41. The average molecular weight is 482 g/mol. The van der Waals surface area contributed by atoms with E-state index in [1.54, 1.807) is 12.1 Å². The lowest BCUT2D eigenvalue weighted by molar-refractivity contribution is -0.137. The molecule has 0 saturated heterocycles. The van der Waals surface area contributed by atoms with Crippen LogP contribution in [-0.2, 0) is 4.79 Å². The first-order chi connectivity index (χ1) is 15.2. The van der Waals surface area contributed by atoms with Crippen molar-refractivity contribution in [2.75, 3.05) is 23.8 Å². The van der Waals surface area contributed by atoms with Gasteiger partial charge in [-0.1, -0.05) is 56.5 Å². The van der Waals surface area contributed by atoms with E-state index >= 15 is 0 Å². The molecule has 6 nitrogen and oxygen atoms in total. The number of hydrogen-bond donors (Lipinski definition) is 3. The number of fused-ring (bicyclic) bond motifs is 1. The van der Waals surface area contributed by atoms with Crippen molar-refractivity contribution in [3.63, 3.8) is 0 Å². The number of ether oxygens (including phenoxy) is 1. The van der Waals surface area contributed by atoms with Crippen LogP contribution in [0.2, 0.25) is 5.02 Å². The van der Waals surface area contributed by atoms with E-state index in [-0.39, 0.29) is 29.9 Å². The number of nitrogens with zero attached hydrogens (tertiary/aromatic N) is 1. The molecule has 0 spiro atoms. The molecule has 1 atom stereocenters. The van der Waals surface area contributed by atoms with Gasteiger partial charge in [-0.2, -0.15) is 10.6 Å². The van der Waals surface area contributed by atoms with Crippen LogP contribution in [0.3, 0.4) is 0 Å². The fourth-order valence-corrected chi connectivity index (χ4v) is 6.72. The second-order valence-electron chi connectivity index (χ2n) is 8.43. The SMILES string of the molecule is CCCCC1(CC)CN(c2ccccc2)c2cc(Cl)c(OCCC(=O)O)cc2S(O)(O)C1. The summed E-state index contributed by atoms with van der Waals surface area (Å²) >= 11 is 6.51. The summed E-state index contributed by atoms with van der Waals surface area (Å²) in [4.78, 5) is 13.4. The van der Waals surface area contributed by atoms with Gasteiger partial charge in [0.2, 0.25) is 0 Å². The lowest BCUT2D eigenvalue weighted by atomic mass is 9.81. The molecule has 8 heteroatoms. The van der Waals surface area contributed by atoms with Gasteiger partial charge in [-0.05, 0) is 31.0 Å². The minimum Gasteiger partial charge on any atom is -0.491 e. The fraction of sp³-hybridized carbons (Fsp3) is 0.458. The summed E-state index contributed by atoms with van der Waals surface area (Å²) < 4.78 is 28.4. The van der Waals surface area contributed by atoms with E-state index < -0.39 is 16.6 Å². The monoisotopic (exact) mass is 481 g/mol. The molecule has 1 unspecified atom stereocenters. The Bertz CT molecular complexity index is 939. The summed E-state index contributed by atoms with van der Waals surface area (Å²) in [6.45, 7) is 4.84. The topological polar surface area (TPSA) is 90.2 Å². The zero-order valence-corrected chi connectivity index (χ0v) is 20.2. The maximum Gasteiger partial charge on any atom is 0.306 e. The molecule has 0 aliphatic carbocycles. The maximum absolute atomic E-state index is 11.4. The minimum absolute atomic E-state index is 0.0508. The molecule has 0 radical (unpaired) electrons. The quantitative estimate of drug-likeness (QED) is 0.355. The average Bonchev–Trinajstić information content (AvgIpc) is 2.85. The third-order valence-electron chi connectivity index (χ3n) is 6.11. The number of benzene rings is 2. The van der Waals surface area contributed by atoms with Gasteiger partial charge >= 0.3 is 5.97 Å². The third kappa shape index (κ3) is 5.52. The number of aliphatic carboxylic acids is 1. The highest BCUT2D eigenvalue weighted by Gasteiger charge is 2.42. The smallest absolute Gasteiger partial charge is 0.306 e. The highest BCUT2D eigenvalue weighted by molar-refractivity contribution is 8.24. The van der Waals surface area contributed by atoms with Crippen molar-refractivity contribution in [2.24, 2.45) is 5.41 Å². The first kappa shape index (κ1) is 24.7. The van der Waals surface area contributed by atoms with E-state index in [0.717, 1.165) is 31.4 Å². The molecule has 0 fully saturated rings. The van der Waals surface area contributed by atoms with Crippen LogP contribution in [0, 0.1) is 5.41 Å². The number of carboxylic acids is 1. The Kier molecular flexibility index (Phi) is 7.98. The van der Waals surface area contributed by atoms with Gasteiger partial charge in [0.25, 0.3) is 0 Å². The van der Waals surface area contributed by atoms with Crippen LogP contribution in [0.5, 0.6) is 5.75 Å². The first-order valence-electron chi connectivity index (χ1n) is 11.0. The summed E-state index contributed by atoms with van der Waals surface area (Å²) in [7, 11) is -3.15. The van der Waals surface area contributed by atoms with Crippen LogP contribution >= 0.6 is 22.2 Å². The van der Waals surface area contributed by atoms with Gasteiger partial charge < -0.3 is 14.7 Å². The molecule has 2 aromatic carbocycles. The Morgan fingerprint density at radius 1 is 1.22 bits per heavy atom. The Morgan fingerprint density at radius 2 is 1.94 bits per heavy atom. The Balaban J connectivity index is 2.12. The number of anilines is 2. The largest absolute Gasteiger partial charge is 0.491 e. The van der Waals surface area contributed by atoms with Gasteiger partial charge in [-0.3, -0.25) is 13.9 Å². The van der Waals surface area contributed by atoms with Crippen molar-refractivity contribution in [2.45, 2.75) is 50.8 Å². The predicted molar refractivity (Wildman–Crippen MR) is 131 cm³/mol. The van der Waals surface area contributed by atoms with E-state index in [1.807, 2.05) is 30.3 Å². The van der Waals surface area contributed by atoms with E-state index in [1.165, 1.54) is 0 Å². The number of unbranched alkanes of at least 4 members (excludes halogenated alkanes) is 1. The van der Waals surface area contributed by atoms with Crippen LogP contribution < -0.4 is 9.64 Å². The lowest BCUT2D eigenvalue weighted by Crippen LogP contribution is -2.37. The summed E-state index contributed by atoms with van der Waals surface area (Å²) in [5, 5.41) is 9.20. The van der Waals surface area contributed by atoms with Gasteiger partial charge in [0, 0.05) is 29.5 Å². The van der Waals surface area contributed by atoms with Crippen molar-refractivity contribution in [1.82, 2.24) is 0 Å². The van der Waals surface area contributed by atoms with E-state index in [0.29, 0.717) is 22.2 Å². The predicted octanol–water partition coefficient (Wildman–Crippen LogP) is 7.04. The van der Waals surface area contributed by atoms with Crippen LogP contribution in [0.25, 0.3) is 0 Å². The molecular weight excluding hydrogens is 450 g/mol. The molecule has 3 rings (SSSR count). The molecular formula is C24H32ClNO5S. The van der Waals surface area contributed by atoms with Crippen molar-refractivity contribution >= 4 is 39.5 Å². The maximum atomic E-state index is 11.4. The molecule has 1 heterocycles. The van der Waals surface area contributed by atoms with Gasteiger partial charge in [0.15, 0.2) is 0 Å². The zero-order chi connectivity index (χ0) is 23.4. The minimum atomic E-state index is -3.15. The summed E-state index contributed by atoms with van der Waals surface area (Å²) in [5.74, 6) is -0.445. The Morgan fingerprint density at radius 3 is 2.56 bits per heavy atom. The molecule has 0 aromatic heterocycles. The summed E-state index contributed by atoms with van der Waals surface area (Å²) in [6.07, 6.45) is 3.58. The van der Waals surface area contributed by atoms with Gasteiger partial charge in [0.05, 0.1) is 28.6 Å². The Hall–Kier alpha value is -1.93. The molecule has 1 aliphatic rings. The standard InChI is InChI=1S/C24H32ClNO5S/c1-3-5-12-24(4-2)16-26(18-9-7-6-8-10-18)20-14-19(25)21(31-13-11-23(27)28)15-22(20)32(29,30)17-24/h6-10,14-15,29-30H,3-5,11-13,16-17H2,1-2H3,(H,27,28). The first-order valence-corrected chi connectivity index (χ1v) is 13.1. The molecule has 1 aliphatic heterocycles. The van der Waals surface area contributed by atoms with Crippen molar-refractivity contribution < 1.29 is 23.7 Å². The molecule has 2 aromatic rings. The molecule has 0 bridgehead atoms. The number of para-hydroxylation sites is 1. The van der Waals surface area contributed by atoms with E-state index in [4.69, 9.17) is 21.4 Å². The number of hydrogen-bond acceptors (Lipinski definition) is 5. The number of carbonyl (C=O) groups is 1. The van der Waals surface area contributed by atoms with E-state index in [2.05, 4.69) is 18.7 Å². The van der Waals surface area contributed by atoms with Gasteiger partial charge in [-0.25, -0.2) is 0 Å². The highest BCUT2D eigenvalue weighted by atomic mass is 35.5. The highest BCUT2D eigenvalue weighted by Crippen LogP contribution is 2.61. The molecule has 0 saturated carbocycles. The van der Waals surface area contributed by atoms with Crippen LogP contribution in [0.4, 0.5) is 11.4 Å². The molecule has 3 N–H and O–H groups in total. The molecule has 32 heavy (non-hydrogen) atoms. The van der Waals surface area contributed by atoms with Crippen molar-refractivity contribution in [3.05, 3.63) is 47.5 Å². The third-order valence-corrected chi connectivity index (χ3v) is 8.45.